The van der Waals surface area contributed by atoms with Crippen LogP contribution >= 0.6 is 0 Å². The third-order valence-electron chi connectivity index (χ3n) is 4.17. The number of hydrogen-bond donors (Lipinski definition) is 1. The van der Waals surface area contributed by atoms with Crippen molar-refractivity contribution in [2.45, 2.75) is 39.7 Å². The predicted octanol–water partition coefficient (Wildman–Crippen LogP) is 3.78. The molecule has 0 spiro atoms. The van der Waals surface area contributed by atoms with Gasteiger partial charge < -0.3 is 9.73 Å². The van der Waals surface area contributed by atoms with E-state index in [9.17, 15) is 4.79 Å². The number of aromatic nitrogens is 3. The number of benzene rings is 1. The average Bonchev–Trinajstić information content (AvgIpc) is 3.24. The van der Waals surface area contributed by atoms with E-state index in [-0.39, 0.29) is 17.9 Å². The molecule has 1 amide bonds. The Hall–Kier alpha value is -2.89. The first-order valence-electron chi connectivity index (χ1n) is 8.32. The Morgan fingerprint density at radius 3 is 2.48 bits per heavy atom. The summed E-state index contributed by atoms with van der Waals surface area (Å²) in [5, 5.41) is 7.13. The van der Waals surface area contributed by atoms with Gasteiger partial charge in [-0.05, 0) is 37.6 Å². The number of hydrogen-bond acceptors (Lipinski definition) is 4. The number of carbonyl (C=O) groups is 1. The molecule has 2 heterocycles. The Balaban J connectivity index is 1.71. The van der Waals surface area contributed by atoms with Gasteiger partial charge in [0, 0.05) is 5.92 Å². The molecule has 0 radical (unpaired) electrons. The summed E-state index contributed by atoms with van der Waals surface area (Å²) in [6.07, 6.45) is 3.14. The molecule has 3 rings (SSSR count). The second-order valence-electron chi connectivity index (χ2n) is 6.40. The molecule has 6 heteroatoms. The van der Waals surface area contributed by atoms with Gasteiger partial charge in [-0.1, -0.05) is 26.0 Å². The molecule has 0 saturated carbocycles. The van der Waals surface area contributed by atoms with Crippen LogP contribution in [0.4, 0.5) is 0 Å². The summed E-state index contributed by atoms with van der Waals surface area (Å²) in [4.78, 5) is 16.5. The van der Waals surface area contributed by atoms with Gasteiger partial charge in [-0.25, -0.2) is 9.67 Å². The molecule has 1 aromatic carbocycles. The highest BCUT2D eigenvalue weighted by atomic mass is 16.3. The summed E-state index contributed by atoms with van der Waals surface area (Å²) in [6.45, 7) is 7.86. The predicted molar refractivity (Wildman–Crippen MR) is 94.8 cm³/mol. The molecular formula is C19H22N4O2. The Labute approximate surface area is 146 Å². The van der Waals surface area contributed by atoms with Crippen LogP contribution in [0.15, 0.2) is 47.4 Å². The standard InChI is InChI=1S/C19H22N4O2/c1-12(2)18-9-17(14(4)25-18)19(24)22-13(3)15-5-7-16(8-6-15)23-11-20-10-21-23/h5-13H,1-4H3,(H,22,24)/t13-/m1/s1. The minimum Gasteiger partial charge on any atom is -0.465 e. The van der Waals surface area contributed by atoms with Crippen LogP contribution in [0.1, 0.15) is 60.2 Å². The van der Waals surface area contributed by atoms with Crippen molar-refractivity contribution in [3.8, 4) is 5.69 Å². The van der Waals surface area contributed by atoms with Crippen LogP contribution in [-0.2, 0) is 0 Å². The maximum absolute atomic E-state index is 12.5. The van der Waals surface area contributed by atoms with Crippen LogP contribution < -0.4 is 5.32 Å². The zero-order chi connectivity index (χ0) is 18.0. The highest BCUT2D eigenvalue weighted by Crippen LogP contribution is 2.23. The van der Waals surface area contributed by atoms with Crippen molar-refractivity contribution in [3.63, 3.8) is 0 Å². The first kappa shape index (κ1) is 17.0. The van der Waals surface area contributed by atoms with E-state index in [2.05, 4.69) is 15.4 Å². The van der Waals surface area contributed by atoms with Gasteiger partial charge in [0.2, 0.25) is 0 Å². The molecule has 6 nitrogen and oxygen atoms in total. The van der Waals surface area contributed by atoms with Gasteiger partial charge in [-0.15, -0.1) is 0 Å². The molecule has 0 fully saturated rings. The SMILES string of the molecule is Cc1oc(C(C)C)cc1C(=O)N[C@H](C)c1ccc(-n2cncn2)cc1. The highest BCUT2D eigenvalue weighted by molar-refractivity contribution is 5.95. The van der Waals surface area contributed by atoms with E-state index < -0.39 is 0 Å². The Morgan fingerprint density at radius 2 is 1.92 bits per heavy atom. The molecule has 0 bridgehead atoms. The summed E-state index contributed by atoms with van der Waals surface area (Å²) in [5.74, 6) is 1.60. The molecule has 25 heavy (non-hydrogen) atoms. The lowest BCUT2D eigenvalue weighted by Crippen LogP contribution is -2.26. The molecule has 3 aromatic rings. The van der Waals surface area contributed by atoms with E-state index in [1.54, 1.807) is 11.0 Å². The summed E-state index contributed by atoms with van der Waals surface area (Å²) in [7, 11) is 0. The van der Waals surface area contributed by atoms with E-state index in [0.29, 0.717) is 11.3 Å². The third-order valence-corrected chi connectivity index (χ3v) is 4.17. The molecule has 1 atom stereocenters. The van der Waals surface area contributed by atoms with Crippen molar-refractivity contribution in [2.75, 3.05) is 0 Å². The largest absolute Gasteiger partial charge is 0.465 e. The fourth-order valence-corrected chi connectivity index (χ4v) is 2.63. The summed E-state index contributed by atoms with van der Waals surface area (Å²) >= 11 is 0. The average molecular weight is 338 g/mol. The topological polar surface area (TPSA) is 73.0 Å². The number of nitrogens with zero attached hydrogens (tertiary/aromatic N) is 3. The number of aryl methyl sites for hydroxylation is 1. The van der Waals surface area contributed by atoms with Crippen LogP contribution in [0, 0.1) is 6.92 Å². The van der Waals surface area contributed by atoms with Gasteiger partial charge in [-0.3, -0.25) is 4.79 Å². The van der Waals surface area contributed by atoms with Crippen molar-refractivity contribution < 1.29 is 9.21 Å². The van der Waals surface area contributed by atoms with E-state index in [4.69, 9.17) is 4.42 Å². The summed E-state index contributed by atoms with van der Waals surface area (Å²) in [5.41, 5.74) is 2.53. The zero-order valence-corrected chi connectivity index (χ0v) is 14.9. The first-order chi connectivity index (χ1) is 12.0. The fraction of sp³-hybridized carbons (Fsp3) is 0.316. The van der Waals surface area contributed by atoms with Crippen LogP contribution in [0.3, 0.4) is 0 Å². The molecule has 1 N–H and O–H groups in total. The van der Waals surface area contributed by atoms with Crippen LogP contribution in [0.5, 0.6) is 0 Å². The number of nitrogens with one attached hydrogen (secondary N) is 1. The normalized spacial score (nSPS) is 12.4. The Kier molecular flexibility index (Phi) is 4.70. The lowest BCUT2D eigenvalue weighted by Gasteiger charge is -2.14. The number of carbonyl (C=O) groups excluding carboxylic acids is 1. The van der Waals surface area contributed by atoms with Crippen molar-refractivity contribution in [1.29, 1.82) is 0 Å². The molecule has 2 aromatic heterocycles. The van der Waals surface area contributed by atoms with Gasteiger partial charge in [0.1, 0.15) is 24.2 Å². The molecule has 0 aliphatic carbocycles. The lowest BCUT2D eigenvalue weighted by molar-refractivity contribution is 0.0938. The third kappa shape index (κ3) is 3.63. The maximum Gasteiger partial charge on any atom is 0.255 e. The second-order valence-corrected chi connectivity index (χ2v) is 6.40. The molecule has 130 valence electrons. The van der Waals surface area contributed by atoms with Crippen molar-refractivity contribution in [3.05, 3.63) is 65.6 Å². The van der Waals surface area contributed by atoms with E-state index in [0.717, 1.165) is 17.0 Å². The van der Waals surface area contributed by atoms with Gasteiger partial charge in [-0.2, -0.15) is 5.10 Å². The monoisotopic (exact) mass is 338 g/mol. The Bertz CT molecular complexity index is 848. The van der Waals surface area contributed by atoms with Crippen molar-refractivity contribution in [2.24, 2.45) is 0 Å². The highest BCUT2D eigenvalue weighted by Gasteiger charge is 2.18. The molecular weight excluding hydrogens is 316 g/mol. The van der Waals surface area contributed by atoms with Crippen LogP contribution in [-0.4, -0.2) is 20.7 Å². The smallest absolute Gasteiger partial charge is 0.255 e. The van der Waals surface area contributed by atoms with Crippen LogP contribution in [0.25, 0.3) is 5.69 Å². The maximum atomic E-state index is 12.5. The van der Waals surface area contributed by atoms with Crippen molar-refractivity contribution in [1.82, 2.24) is 20.1 Å². The quantitative estimate of drug-likeness (QED) is 0.768. The molecule has 0 saturated heterocycles. The number of rotatable bonds is 5. The summed E-state index contributed by atoms with van der Waals surface area (Å²) in [6, 6.07) is 9.57. The molecule has 0 aliphatic rings. The van der Waals surface area contributed by atoms with E-state index in [1.165, 1.54) is 6.33 Å². The Morgan fingerprint density at radius 1 is 1.20 bits per heavy atom. The van der Waals surface area contributed by atoms with Crippen LogP contribution in [0.2, 0.25) is 0 Å². The summed E-state index contributed by atoms with van der Waals surface area (Å²) < 4.78 is 7.35. The van der Waals surface area contributed by atoms with Gasteiger partial charge in [0.25, 0.3) is 5.91 Å². The van der Waals surface area contributed by atoms with E-state index in [1.807, 2.05) is 58.0 Å². The fourth-order valence-electron chi connectivity index (χ4n) is 2.63. The van der Waals surface area contributed by atoms with Gasteiger partial charge in [0.05, 0.1) is 17.3 Å². The number of furan rings is 1. The minimum absolute atomic E-state index is 0.117. The number of amides is 1. The van der Waals surface area contributed by atoms with Gasteiger partial charge in [0.15, 0.2) is 0 Å². The lowest BCUT2D eigenvalue weighted by atomic mass is 10.1. The van der Waals surface area contributed by atoms with Crippen molar-refractivity contribution >= 4 is 5.91 Å². The van der Waals surface area contributed by atoms with E-state index >= 15 is 0 Å². The van der Waals surface area contributed by atoms with Gasteiger partial charge >= 0.3 is 0 Å². The zero-order valence-electron chi connectivity index (χ0n) is 14.9. The second kappa shape index (κ2) is 6.93. The minimum atomic E-state index is -0.124. The molecule has 0 aliphatic heterocycles. The first-order valence-corrected chi connectivity index (χ1v) is 8.32. The molecule has 0 unspecified atom stereocenters.